The number of carbonyl (C=O) groups is 1. The van der Waals surface area contributed by atoms with E-state index in [-0.39, 0.29) is 5.92 Å². The quantitative estimate of drug-likeness (QED) is 0.340. The molecule has 0 radical (unpaired) electrons. The zero-order chi connectivity index (χ0) is 26.0. The minimum atomic E-state index is -1.59. The summed E-state index contributed by atoms with van der Waals surface area (Å²) in [6.07, 6.45) is -1.49. The highest BCUT2D eigenvalue weighted by Crippen LogP contribution is 2.37. The lowest BCUT2D eigenvalue weighted by Crippen LogP contribution is -2.67. The van der Waals surface area contributed by atoms with Crippen LogP contribution < -0.4 is 10.6 Å². The zero-order valence-electron chi connectivity index (χ0n) is 20.2. The first-order valence-corrected chi connectivity index (χ1v) is 13.7. The third kappa shape index (κ3) is 5.04. The van der Waals surface area contributed by atoms with Gasteiger partial charge in [0.05, 0.1) is 18.0 Å². The number of nitrogens with zero attached hydrogens (tertiary/aromatic N) is 1. The third-order valence-electron chi connectivity index (χ3n) is 7.17. The Morgan fingerprint density at radius 2 is 2.00 bits per heavy atom. The summed E-state index contributed by atoms with van der Waals surface area (Å²) in [6.45, 7) is 8.26. The predicted molar refractivity (Wildman–Crippen MR) is 139 cm³/mol. The number of thioether (sulfide) groups is 1. The van der Waals surface area contributed by atoms with Gasteiger partial charge in [0.1, 0.15) is 29.9 Å². The summed E-state index contributed by atoms with van der Waals surface area (Å²) in [5.41, 5.74) is -0.178. The molecule has 3 aliphatic heterocycles. The van der Waals surface area contributed by atoms with E-state index in [0.717, 1.165) is 11.1 Å². The Morgan fingerprint density at radius 3 is 2.64 bits per heavy atom. The van der Waals surface area contributed by atoms with Crippen LogP contribution in [0.3, 0.4) is 0 Å². The number of halogens is 1. The first kappa shape index (κ1) is 27.4. The van der Waals surface area contributed by atoms with Gasteiger partial charge in [-0.15, -0.1) is 23.4 Å². The monoisotopic (exact) mass is 538 g/mol. The van der Waals surface area contributed by atoms with Gasteiger partial charge < -0.3 is 30.1 Å². The molecule has 0 aliphatic carbocycles. The van der Waals surface area contributed by atoms with Crippen molar-refractivity contribution in [2.75, 3.05) is 19.4 Å². The van der Waals surface area contributed by atoms with E-state index >= 15 is 0 Å². The average Bonchev–Trinajstić information content (AvgIpc) is 3.09. The second-order valence-corrected chi connectivity index (χ2v) is 11.0. The number of rotatable bonds is 6. The first-order chi connectivity index (χ1) is 17.2. The number of nitrogens with one attached hydrogen (secondary N) is 2. The topological polar surface area (TPSA) is 125 Å². The lowest BCUT2D eigenvalue weighted by Gasteiger charge is -2.44. The summed E-state index contributed by atoms with van der Waals surface area (Å²) in [5, 5.41) is 36.5. The Morgan fingerprint density at radius 1 is 1.28 bits per heavy atom. The Kier molecular flexibility index (Phi) is 8.64. The maximum Gasteiger partial charge on any atom is 0.438 e. The summed E-state index contributed by atoms with van der Waals surface area (Å²) in [4.78, 5) is 17.7. The molecular formula is C25H33ClN3O6S+. The number of benzene rings is 1. The van der Waals surface area contributed by atoms with Gasteiger partial charge in [-0.05, 0) is 35.6 Å². The van der Waals surface area contributed by atoms with Gasteiger partial charge in [0.15, 0.2) is 6.10 Å². The van der Waals surface area contributed by atoms with Crippen molar-refractivity contribution < 1.29 is 29.6 Å². The van der Waals surface area contributed by atoms with Gasteiger partial charge >= 0.3 is 11.6 Å². The van der Waals surface area contributed by atoms with E-state index in [1.165, 1.54) is 11.8 Å². The molecule has 1 amide bonds. The molecule has 10 atom stereocenters. The first-order valence-electron chi connectivity index (χ1n) is 12.0. The second kappa shape index (κ2) is 11.4. The summed E-state index contributed by atoms with van der Waals surface area (Å²) in [7, 11) is 0. The number of ether oxygens (including phenoxy) is 2. The van der Waals surface area contributed by atoms with Crippen molar-refractivity contribution in [2.24, 2.45) is 5.92 Å². The molecule has 0 bridgehead atoms. The van der Waals surface area contributed by atoms with Crippen LogP contribution in [0.1, 0.15) is 18.9 Å². The number of fused-ring (bicyclic) bond motifs is 1. The van der Waals surface area contributed by atoms with Crippen LogP contribution in [0.5, 0.6) is 0 Å². The highest BCUT2D eigenvalue weighted by atomic mass is 35.5. The molecule has 0 aromatic heterocycles. The van der Waals surface area contributed by atoms with E-state index < -0.39 is 58.9 Å². The van der Waals surface area contributed by atoms with E-state index in [9.17, 15) is 20.1 Å². The molecule has 3 aliphatic rings. The second-order valence-electron chi connectivity index (χ2n) is 9.39. The van der Waals surface area contributed by atoms with Crippen LogP contribution in [0.15, 0.2) is 36.4 Å². The van der Waals surface area contributed by atoms with Crippen LogP contribution in [0, 0.1) is 12.5 Å². The Bertz CT molecular complexity index is 1010. The summed E-state index contributed by atoms with van der Waals surface area (Å²) < 4.78 is 12.0. The van der Waals surface area contributed by atoms with Crippen molar-refractivity contribution >= 4 is 34.8 Å². The molecule has 4 rings (SSSR count). The number of hydrogen-bond acceptors (Lipinski definition) is 8. The molecule has 11 heteroatoms. The van der Waals surface area contributed by atoms with Gasteiger partial charge in [-0.25, -0.2) is 5.32 Å². The van der Waals surface area contributed by atoms with Crippen molar-refractivity contribution in [3.05, 3.63) is 46.8 Å². The van der Waals surface area contributed by atoms with E-state index in [0.29, 0.717) is 19.6 Å². The maximum atomic E-state index is 13.7. The van der Waals surface area contributed by atoms with Crippen LogP contribution >= 0.6 is 23.4 Å². The Labute approximate surface area is 220 Å². The van der Waals surface area contributed by atoms with Gasteiger partial charge in [-0.3, -0.25) is 4.79 Å². The molecule has 9 nitrogen and oxygen atoms in total. The van der Waals surface area contributed by atoms with E-state index in [1.54, 1.807) is 13.2 Å². The summed E-state index contributed by atoms with van der Waals surface area (Å²) in [5.74, 6) is -0.745. The number of aliphatic hydroxyl groups is 3. The highest BCUT2D eigenvalue weighted by Gasteiger charge is 2.65. The molecule has 2 saturated heterocycles. The lowest BCUT2D eigenvalue weighted by atomic mass is 9.91. The number of amides is 1. The third-order valence-corrected chi connectivity index (χ3v) is 8.30. The molecule has 3 heterocycles. The van der Waals surface area contributed by atoms with Crippen LogP contribution in [-0.4, -0.2) is 93.7 Å². The normalized spacial score (nSPS) is 38.1. The Hall–Kier alpha value is -1.68. The van der Waals surface area contributed by atoms with Crippen molar-refractivity contribution in [1.29, 1.82) is 0 Å². The fraction of sp³-hybridized carbons (Fsp3) is 0.600. The SMILES string of the molecule is C#[N+][C@]1(C(=O)N[C@H]([C@H](C)Cl)[C@H]2OC(SC)[C@H](O)C(O)C2O)NC[C@@H]2C=C(c3ccccc3)CCO[C@H]21. The maximum absolute atomic E-state index is 13.7. The number of carbonyl (C=O) groups excluding carboxylic acids is 1. The fourth-order valence-corrected chi connectivity index (χ4v) is 6.07. The molecular weight excluding hydrogens is 506 g/mol. The van der Waals surface area contributed by atoms with Crippen molar-refractivity contribution in [3.63, 3.8) is 0 Å². The van der Waals surface area contributed by atoms with E-state index in [4.69, 9.17) is 27.6 Å². The van der Waals surface area contributed by atoms with Crippen LogP contribution in [0.2, 0.25) is 0 Å². The van der Waals surface area contributed by atoms with Crippen LogP contribution in [-0.2, 0) is 14.3 Å². The van der Waals surface area contributed by atoms with Crippen LogP contribution in [0.4, 0.5) is 0 Å². The minimum Gasteiger partial charge on any atom is -0.388 e. The molecule has 2 fully saturated rings. The molecule has 196 valence electrons. The Balaban J connectivity index is 1.57. The van der Waals surface area contributed by atoms with Crippen LogP contribution in [0.25, 0.3) is 10.4 Å². The van der Waals surface area contributed by atoms with E-state index in [1.807, 2.05) is 30.3 Å². The zero-order valence-corrected chi connectivity index (χ0v) is 21.7. The number of hydrogen-bond donors (Lipinski definition) is 5. The summed E-state index contributed by atoms with van der Waals surface area (Å²) in [6, 6.07) is 9.07. The smallest absolute Gasteiger partial charge is 0.388 e. The standard InChI is InChI=1S/C25H32ClN3O6S/c1-13(26)17(21-19(31)18(30)20(32)23(35-21)36-3)29-24(33)25(27-2)22-16(12-28-25)11-15(9-10-34-22)14-7-5-4-6-8-14/h2,4-8,11,13,16-23,28,30-32H,9-10,12H2,1,3H3/p+1/t13-,16-,17+,18?,19?,20+,21+,22+,23?,25-/m0/s1. The van der Waals surface area contributed by atoms with Crippen molar-refractivity contribution in [3.8, 4) is 6.57 Å². The van der Waals surface area contributed by atoms with Gasteiger partial charge in [-0.1, -0.05) is 36.4 Å². The number of aliphatic hydroxyl groups excluding tert-OH is 3. The molecule has 1 aromatic carbocycles. The number of alkyl halides is 1. The molecule has 1 aromatic rings. The minimum absolute atomic E-state index is 0.165. The van der Waals surface area contributed by atoms with Gasteiger partial charge in [0.2, 0.25) is 0 Å². The van der Waals surface area contributed by atoms with Gasteiger partial charge in [-0.2, -0.15) is 0 Å². The van der Waals surface area contributed by atoms with Crippen molar-refractivity contribution in [2.45, 2.75) is 66.4 Å². The molecule has 3 unspecified atom stereocenters. The van der Waals surface area contributed by atoms with Crippen molar-refractivity contribution in [1.82, 2.24) is 10.6 Å². The summed E-state index contributed by atoms with van der Waals surface area (Å²) >= 11 is 7.61. The largest absolute Gasteiger partial charge is 0.438 e. The van der Waals surface area contributed by atoms with Gasteiger partial charge in [0, 0.05) is 12.5 Å². The molecule has 0 spiro atoms. The molecule has 36 heavy (non-hydrogen) atoms. The highest BCUT2D eigenvalue weighted by molar-refractivity contribution is 7.99. The lowest BCUT2D eigenvalue weighted by molar-refractivity contribution is -0.205. The van der Waals surface area contributed by atoms with Gasteiger partial charge in [0.25, 0.3) is 6.57 Å². The molecule has 0 saturated carbocycles. The van der Waals surface area contributed by atoms with E-state index in [2.05, 4.69) is 21.6 Å². The molecule has 5 N–H and O–H groups in total. The predicted octanol–water partition coefficient (Wildman–Crippen LogP) is 1.02. The fourth-order valence-electron chi connectivity index (χ4n) is 5.18. The average molecular weight is 539 g/mol.